The van der Waals surface area contributed by atoms with Crippen LogP contribution in [0.5, 0.6) is 0 Å². The molecule has 1 saturated carbocycles. The van der Waals surface area contributed by atoms with Crippen LogP contribution in [0, 0.1) is 12.8 Å². The first kappa shape index (κ1) is 23.3. The normalized spacial score (nSPS) is 16.6. The Bertz CT molecular complexity index is 1460. The van der Waals surface area contributed by atoms with E-state index in [9.17, 15) is 14.7 Å². The summed E-state index contributed by atoms with van der Waals surface area (Å²) in [6.07, 6.45) is 5.49. The lowest BCUT2D eigenvalue weighted by molar-refractivity contribution is -0.143. The van der Waals surface area contributed by atoms with Crippen molar-refractivity contribution in [2.75, 3.05) is 5.32 Å². The number of carbonyl (C=O) groups excluding carboxylic acids is 1. The lowest BCUT2D eigenvalue weighted by Crippen LogP contribution is -2.52. The zero-order chi connectivity index (χ0) is 24.8. The molecule has 7 heteroatoms. The van der Waals surface area contributed by atoms with Crippen LogP contribution in [0.3, 0.4) is 0 Å². The molecule has 1 atom stereocenters. The number of fused-ring (bicyclic) bond motifs is 2. The molecule has 0 bridgehead atoms. The number of anilines is 1. The van der Waals surface area contributed by atoms with Crippen molar-refractivity contribution in [3.05, 3.63) is 70.4 Å². The predicted molar refractivity (Wildman–Crippen MR) is 134 cm³/mol. The number of hydrogen-bond acceptors (Lipinski definition) is 6. The highest BCUT2D eigenvalue weighted by atomic mass is 16.5. The van der Waals surface area contributed by atoms with Crippen LogP contribution in [-0.4, -0.2) is 21.8 Å². The van der Waals surface area contributed by atoms with Crippen LogP contribution in [0.4, 0.5) is 5.69 Å². The summed E-state index contributed by atoms with van der Waals surface area (Å²) in [6.45, 7) is 5.83. The summed E-state index contributed by atoms with van der Waals surface area (Å²) in [5.41, 5.74) is 0.155. The summed E-state index contributed by atoms with van der Waals surface area (Å²) < 4.78 is 10.6. The minimum atomic E-state index is -1.58. The maximum absolute atomic E-state index is 13.8. The number of carbonyl (C=O) groups is 1. The topological polar surface area (TPSA) is 106 Å². The molecule has 2 aromatic heterocycles. The van der Waals surface area contributed by atoms with Gasteiger partial charge in [-0.05, 0) is 61.8 Å². The summed E-state index contributed by atoms with van der Waals surface area (Å²) in [5, 5.41) is 20.8. The van der Waals surface area contributed by atoms with Crippen LogP contribution >= 0.6 is 0 Å². The summed E-state index contributed by atoms with van der Waals surface area (Å²) in [6, 6.07) is 12.9. The molecule has 1 amide bonds. The van der Waals surface area contributed by atoms with E-state index in [2.05, 4.69) is 10.5 Å². The summed E-state index contributed by atoms with van der Waals surface area (Å²) >= 11 is 0. The van der Waals surface area contributed by atoms with E-state index < -0.39 is 22.5 Å². The molecule has 1 fully saturated rings. The first-order chi connectivity index (χ1) is 16.7. The van der Waals surface area contributed by atoms with Crippen LogP contribution < -0.4 is 10.9 Å². The molecule has 0 radical (unpaired) electrons. The number of nitrogens with one attached hydrogen (secondary N) is 1. The molecule has 2 N–H and O–H groups in total. The summed E-state index contributed by atoms with van der Waals surface area (Å²) in [5.74, 6) is -0.578. The Kier molecular flexibility index (Phi) is 5.75. The minimum Gasteiger partial charge on any atom is -0.464 e. The van der Waals surface area contributed by atoms with Crippen LogP contribution in [0.1, 0.15) is 57.2 Å². The van der Waals surface area contributed by atoms with Crippen molar-refractivity contribution >= 4 is 33.3 Å². The van der Waals surface area contributed by atoms with E-state index in [0.29, 0.717) is 22.2 Å². The van der Waals surface area contributed by atoms with Gasteiger partial charge < -0.3 is 19.4 Å². The van der Waals surface area contributed by atoms with Gasteiger partial charge in [0.15, 0.2) is 0 Å². The second-order valence-electron chi connectivity index (χ2n) is 10.4. The summed E-state index contributed by atoms with van der Waals surface area (Å²) in [4.78, 5) is 25.8. The molecule has 2 aromatic carbocycles. The molecule has 0 aliphatic heterocycles. The van der Waals surface area contributed by atoms with Crippen molar-refractivity contribution in [3.63, 3.8) is 0 Å². The molecule has 1 unspecified atom stereocenters. The fourth-order valence-corrected chi connectivity index (χ4v) is 5.66. The van der Waals surface area contributed by atoms with Crippen molar-refractivity contribution in [2.45, 2.75) is 63.9 Å². The van der Waals surface area contributed by atoms with Gasteiger partial charge in [0, 0.05) is 22.0 Å². The fourth-order valence-electron chi connectivity index (χ4n) is 5.66. The standard InChI is InChI=1S/C28H30N2O5/c1-17-22-15-20(11-12-21(22)25(31)35-30-17)29-26(32)28(33,19-8-4-5-9-19)16-27(2,3)23-10-6-7-18-13-14-34-24(18)23/h6-7,10-15,19,33H,4-5,8-9,16H2,1-3H3,(H,29,32). The quantitative estimate of drug-likeness (QED) is 0.384. The van der Waals surface area contributed by atoms with E-state index in [4.69, 9.17) is 8.94 Å². The number of aromatic nitrogens is 1. The zero-order valence-corrected chi connectivity index (χ0v) is 20.3. The largest absolute Gasteiger partial charge is 0.464 e. The van der Waals surface area contributed by atoms with E-state index in [0.717, 1.165) is 42.2 Å². The molecule has 182 valence electrons. The number of furan rings is 1. The lowest BCUT2D eigenvalue weighted by Gasteiger charge is -2.39. The number of amides is 1. The van der Waals surface area contributed by atoms with Crippen LogP contribution in [-0.2, 0) is 10.2 Å². The number of hydrogen-bond donors (Lipinski definition) is 2. The van der Waals surface area contributed by atoms with Crippen molar-refractivity contribution in [1.82, 2.24) is 5.16 Å². The van der Waals surface area contributed by atoms with Crippen LogP contribution in [0.2, 0.25) is 0 Å². The third-order valence-electron chi connectivity index (χ3n) is 7.50. The molecule has 0 saturated heterocycles. The highest BCUT2D eigenvalue weighted by molar-refractivity contribution is 5.99. The molecule has 2 heterocycles. The Morgan fingerprint density at radius 2 is 1.91 bits per heavy atom. The van der Waals surface area contributed by atoms with E-state index in [1.807, 2.05) is 38.1 Å². The molecule has 4 aromatic rings. The Balaban J connectivity index is 1.50. The van der Waals surface area contributed by atoms with Gasteiger partial charge in [0.1, 0.15) is 11.2 Å². The maximum Gasteiger partial charge on any atom is 0.366 e. The number of aliphatic hydroxyl groups is 1. The van der Waals surface area contributed by atoms with E-state index in [1.54, 1.807) is 31.4 Å². The Labute approximate surface area is 203 Å². The Hall–Kier alpha value is -3.45. The first-order valence-corrected chi connectivity index (χ1v) is 12.1. The van der Waals surface area contributed by atoms with Crippen molar-refractivity contribution < 1.29 is 18.8 Å². The van der Waals surface area contributed by atoms with Gasteiger partial charge in [0.05, 0.1) is 17.3 Å². The average Bonchev–Trinajstić information content (AvgIpc) is 3.53. The third kappa shape index (κ3) is 4.14. The fraction of sp³-hybridized carbons (Fsp3) is 0.393. The second-order valence-corrected chi connectivity index (χ2v) is 10.4. The average molecular weight is 475 g/mol. The van der Waals surface area contributed by atoms with E-state index >= 15 is 0 Å². The number of nitrogens with zero attached hydrogens (tertiary/aromatic N) is 1. The monoisotopic (exact) mass is 474 g/mol. The van der Waals surface area contributed by atoms with Gasteiger partial charge in [-0.1, -0.05) is 50.0 Å². The second kappa shape index (κ2) is 8.64. The number of benzene rings is 2. The molecule has 0 spiro atoms. The zero-order valence-electron chi connectivity index (χ0n) is 20.3. The van der Waals surface area contributed by atoms with Gasteiger partial charge in [0.2, 0.25) is 0 Å². The Morgan fingerprint density at radius 3 is 2.69 bits per heavy atom. The number of aryl methyl sites for hydroxylation is 1. The third-order valence-corrected chi connectivity index (χ3v) is 7.50. The smallest absolute Gasteiger partial charge is 0.366 e. The van der Waals surface area contributed by atoms with Gasteiger partial charge in [-0.25, -0.2) is 4.79 Å². The van der Waals surface area contributed by atoms with Gasteiger partial charge in [0.25, 0.3) is 5.91 Å². The number of rotatable bonds is 6. The molecule has 1 aliphatic rings. The molecular weight excluding hydrogens is 444 g/mol. The van der Waals surface area contributed by atoms with Gasteiger partial charge in [-0.3, -0.25) is 4.79 Å². The lowest BCUT2D eigenvalue weighted by atomic mass is 9.69. The minimum absolute atomic E-state index is 0.145. The SMILES string of the molecule is Cc1noc(=O)c2ccc(NC(=O)C(O)(CC(C)(C)c3cccc4ccoc34)C3CCCC3)cc12. The molecule has 5 rings (SSSR count). The van der Waals surface area contributed by atoms with Crippen molar-refractivity contribution in [3.8, 4) is 0 Å². The molecule has 1 aliphatic carbocycles. The molecule has 35 heavy (non-hydrogen) atoms. The van der Waals surface area contributed by atoms with Gasteiger partial charge in [-0.2, -0.15) is 0 Å². The van der Waals surface area contributed by atoms with Gasteiger partial charge >= 0.3 is 5.63 Å². The highest BCUT2D eigenvalue weighted by Gasteiger charge is 2.48. The Morgan fingerprint density at radius 1 is 1.14 bits per heavy atom. The van der Waals surface area contributed by atoms with Gasteiger partial charge in [-0.15, -0.1) is 0 Å². The highest BCUT2D eigenvalue weighted by Crippen LogP contribution is 2.44. The van der Waals surface area contributed by atoms with Crippen LogP contribution in [0.15, 0.2) is 62.5 Å². The van der Waals surface area contributed by atoms with Crippen molar-refractivity contribution in [2.24, 2.45) is 5.92 Å². The number of para-hydroxylation sites is 1. The predicted octanol–water partition coefficient (Wildman–Crippen LogP) is 5.47. The van der Waals surface area contributed by atoms with E-state index in [1.165, 1.54) is 0 Å². The van der Waals surface area contributed by atoms with E-state index in [-0.39, 0.29) is 12.3 Å². The summed E-state index contributed by atoms with van der Waals surface area (Å²) in [7, 11) is 0. The van der Waals surface area contributed by atoms with Crippen molar-refractivity contribution in [1.29, 1.82) is 0 Å². The molecule has 7 nitrogen and oxygen atoms in total. The maximum atomic E-state index is 13.8. The first-order valence-electron chi connectivity index (χ1n) is 12.1. The molecular formula is C28H30N2O5. The van der Waals surface area contributed by atoms with Crippen LogP contribution in [0.25, 0.3) is 21.7 Å².